The number of nitrogens with one attached hydrogen (secondary N) is 3. The summed E-state index contributed by atoms with van der Waals surface area (Å²) in [5.74, 6) is -1.44. The lowest BCUT2D eigenvalue weighted by molar-refractivity contribution is -0.120. The van der Waals surface area contributed by atoms with Crippen LogP contribution in [0.3, 0.4) is 0 Å². The van der Waals surface area contributed by atoms with Crippen LogP contribution in [0.15, 0.2) is 48.7 Å². The van der Waals surface area contributed by atoms with Gasteiger partial charge in [0.05, 0.1) is 5.02 Å². The number of carbonyl (C=O) groups excluding carboxylic acids is 4. The van der Waals surface area contributed by atoms with Gasteiger partial charge in [0.25, 0.3) is 5.91 Å². The highest BCUT2D eigenvalue weighted by atomic mass is 35.5. The van der Waals surface area contributed by atoms with Crippen molar-refractivity contribution in [1.82, 2.24) is 10.3 Å². The first-order chi connectivity index (χ1) is 16.8. The average molecular weight is 496 g/mol. The molecule has 1 fully saturated rings. The zero-order valence-corrected chi connectivity index (χ0v) is 19.7. The van der Waals surface area contributed by atoms with Crippen LogP contribution in [-0.2, 0) is 14.4 Å². The summed E-state index contributed by atoms with van der Waals surface area (Å²) < 4.78 is 0. The van der Waals surface area contributed by atoms with Crippen LogP contribution in [0.2, 0.25) is 5.02 Å². The van der Waals surface area contributed by atoms with Crippen molar-refractivity contribution in [1.29, 1.82) is 0 Å². The Kier molecular flexibility index (Phi) is 7.36. The summed E-state index contributed by atoms with van der Waals surface area (Å²) in [6.45, 7) is 0.673. The van der Waals surface area contributed by atoms with Crippen molar-refractivity contribution in [3.63, 3.8) is 0 Å². The highest BCUT2D eigenvalue weighted by Gasteiger charge is 2.23. The topological polar surface area (TPSA) is 137 Å². The van der Waals surface area contributed by atoms with Crippen LogP contribution < -0.4 is 21.3 Å². The maximum Gasteiger partial charge on any atom is 0.252 e. The molecular weight excluding hydrogens is 470 g/mol. The molecule has 1 aliphatic heterocycles. The van der Waals surface area contributed by atoms with Gasteiger partial charge in [-0.3, -0.25) is 19.2 Å². The number of amides is 4. The number of rotatable bonds is 8. The Hall–Kier alpha value is -3.85. The van der Waals surface area contributed by atoms with E-state index in [9.17, 15) is 19.2 Å². The van der Waals surface area contributed by atoms with E-state index in [1.165, 1.54) is 0 Å². The predicted molar refractivity (Wildman–Crippen MR) is 134 cm³/mol. The molecule has 0 radical (unpaired) electrons. The molecule has 4 amide bonds. The number of fused-ring (bicyclic) bond motifs is 1. The van der Waals surface area contributed by atoms with Gasteiger partial charge in [-0.25, -0.2) is 0 Å². The molecule has 3 aromatic rings. The Labute approximate surface area is 207 Å². The molecule has 0 aliphatic carbocycles. The van der Waals surface area contributed by atoms with Gasteiger partial charge in [0.15, 0.2) is 0 Å². The first-order valence-corrected chi connectivity index (χ1v) is 11.8. The lowest BCUT2D eigenvalue weighted by Gasteiger charge is -2.27. The third-order valence-electron chi connectivity index (χ3n) is 5.96. The van der Waals surface area contributed by atoms with Crippen molar-refractivity contribution < 1.29 is 19.2 Å². The van der Waals surface area contributed by atoms with Crippen molar-refractivity contribution in [2.75, 3.05) is 16.8 Å². The van der Waals surface area contributed by atoms with Crippen LogP contribution in [0.5, 0.6) is 0 Å². The molecule has 1 aliphatic rings. The van der Waals surface area contributed by atoms with Gasteiger partial charge in [-0.15, -0.1) is 0 Å². The Morgan fingerprint density at radius 3 is 2.60 bits per heavy atom. The minimum Gasteiger partial charge on any atom is -0.370 e. The van der Waals surface area contributed by atoms with Crippen LogP contribution in [0.25, 0.3) is 10.9 Å². The molecule has 1 atom stereocenters. The molecule has 10 heteroatoms. The second-order valence-corrected chi connectivity index (χ2v) is 8.87. The molecule has 1 aromatic heterocycles. The lowest BCUT2D eigenvalue weighted by atomic mass is 10.1. The highest BCUT2D eigenvalue weighted by Crippen LogP contribution is 2.24. The summed E-state index contributed by atoms with van der Waals surface area (Å²) in [6.07, 6.45) is 3.99. The third-order valence-corrected chi connectivity index (χ3v) is 6.28. The number of carbonyl (C=O) groups is 4. The van der Waals surface area contributed by atoms with E-state index in [2.05, 4.69) is 15.6 Å². The minimum absolute atomic E-state index is 0.0455. The predicted octanol–water partition coefficient (Wildman–Crippen LogP) is 3.34. The SMILES string of the molecule is NC(=O)CC[C@H](NC(=O)c1ccc2c(Cl)c[nH]c2c1)C(=O)Nc1ccc(N2CCCCC2=O)cc1. The fourth-order valence-electron chi connectivity index (χ4n) is 4.06. The number of hydrogen-bond acceptors (Lipinski definition) is 4. The van der Waals surface area contributed by atoms with Gasteiger partial charge < -0.3 is 26.3 Å². The minimum atomic E-state index is -0.985. The van der Waals surface area contributed by atoms with Crippen molar-refractivity contribution in [2.24, 2.45) is 5.73 Å². The number of aromatic nitrogens is 1. The lowest BCUT2D eigenvalue weighted by Crippen LogP contribution is -2.44. The molecule has 182 valence electrons. The smallest absolute Gasteiger partial charge is 0.252 e. The van der Waals surface area contributed by atoms with E-state index in [-0.39, 0.29) is 18.7 Å². The summed E-state index contributed by atoms with van der Waals surface area (Å²) in [6, 6.07) is 10.9. The summed E-state index contributed by atoms with van der Waals surface area (Å²) in [5, 5.41) is 6.78. The molecule has 0 spiro atoms. The molecule has 35 heavy (non-hydrogen) atoms. The first-order valence-electron chi connectivity index (χ1n) is 11.4. The van der Waals surface area contributed by atoms with Crippen LogP contribution in [0.4, 0.5) is 11.4 Å². The molecule has 4 rings (SSSR count). The van der Waals surface area contributed by atoms with Gasteiger partial charge in [0, 0.05) is 53.4 Å². The molecular formula is C25H26ClN5O4. The Morgan fingerprint density at radius 1 is 1.11 bits per heavy atom. The number of H-pyrrole nitrogens is 1. The fraction of sp³-hybridized carbons (Fsp3) is 0.280. The van der Waals surface area contributed by atoms with Gasteiger partial charge in [0.1, 0.15) is 6.04 Å². The standard InChI is InChI=1S/C25H26ClN5O4/c26-19-14-28-21-13-15(4-9-18(19)21)24(34)30-20(10-11-22(27)32)25(35)29-16-5-7-17(8-6-16)31-12-2-1-3-23(31)33/h4-9,13-14,20,28H,1-3,10-12H2,(H2,27,32)(H,29,35)(H,30,34)/t20-/m0/s1. The normalized spacial score (nSPS) is 14.5. The van der Waals surface area contributed by atoms with Gasteiger partial charge in [-0.2, -0.15) is 0 Å². The number of halogens is 1. The second-order valence-electron chi connectivity index (χ2n) is 8.47. The summed E-state index contributed by atoms with van der Waals surface area (Å²) in [5.41, 5.74) is 7.56. The fourth-order valence-corrected chi connectivity index (χ4v) is 4.28. The zero-order valence-electron chi connectivity index (χ0n) is 19.0. The summed E-state index contributed by atoms with van der Waals surface area (Å²) in [7, 11) is 0. The number of benzene rings is 2. The number of aromatic amines is 1. The van der Waals surface area contributed by atoms with Gasteiger partial charge in [0.2, 0.25) is 17.7 Å². The van der Waals surface area contributed by atoms with Gasteiger partial charge in [-0.1, -0.05) is 17.7 Å². The largest absolute Gasteiger partial charge is 0.370 e. The maximum atomic E-state index is 13.0. The van der Waals surface area contributed by atoms with Crippen LogP contribution in [-0.4, -0.2) is 41.2 Å². The molecule has 9 nitrogen and oxygen atoms in total. The molecule has 2 aromatic carbocycles. The molecule has 2 heterocycles. The van der Waals surface area contributed by atoms with E-state index in [4.69, 9.17) is 17.3 Å². The van der Waals surface area contributed by atoms with Gasteiger partial charge >= 0.3 is 0 Å². The third kappa shape index (κ3) is 5.81. The van der Waals surface area contributed by atoms with Crippen molar-refractivity contribution >= 4 is 57.5 Å². The zero-order chi connectivity index (χ0) is 24.9. The van der Waals surface area contributed by atoms with E-state index in [0.29, 0.717) is 34.8 Å². The number of hydrogen-bond donors (Lipinski definition) is 4. The molecule has 5 N–H and O–H groups in total. The Morgan fingerprint density at radius 2 is 1.89 bits per heavy atom. The van der Waals surface area contributed by atoms with E-state index >= 15 is 0 Å². The van der Waals surface area contributed by atoms with Crippen LogP contribution in [0.1, 0.15) is 42.5 Å². The maximum absolute atomic E-state index is 13.0. The molecule has 0 unspecified atom stereocenters. The number of primary amides is 1. The molecule has 1 saturated heterocycles. The molecule has 0 saturated carbocycles. The summed E-state index contributed by atoms with van der Waals surface area (Å²) in [4.78, 5) is 54.0. The van der Waals surface area contributed by atoms with Crippen LogP contribution >= 0.6 is 11.6 Å². The van der Waals surface area contributed by atoms with E-state index in [1.807, 2.05) is 0 Å². The Balaban J connectivity index is 1.45. The van der Waals surface area contributed by atoms with Gasteiger partial charge in [-0.05, 0) is 55.7 Å². The monoisotopic (exact) mass is 495 g/mol. The Bertz CT molecular complexity index is 1270. The number of piperidine rings is 1. The number of anilines is 2. The highest BCUT2D eigenvalue weighted by molar-refractivity contribution is 6.35. The first kappa shape index (κ1) is 24.3. The number of nitrogens with two attached hydrogens (primary N) is 1. The van der Waals surface area contributed by atoms with Crippen molar-refractivity contribution in [3.8, 4) is 0 Å². The average Bonchev–Trinajstić information content (AvgIpc) is 3.22. The molecule has 0 bridgehead atoms. The van der Waals surface area contributed by atoms with E-state index in [1.54, 1.807) is 53.6 Å². The van der Waals surface area contributed by atoms with E-state index in [0.717, 1.165) is 23.9 Å². The summed E-state index contributed by atoms with van der Waals surface area (Å²) >= 11 is 6.09. The second kappa shape index (κ2) is 10.6. The quantitative estimate of drug-likeness (QED) is 0.380. The van der Waals surface area contributed by atoms with Crippen molar-refractivity contribution in [3.05, 3.63) is 59.2 Å². The van der Waals surface area contributed by atoms with E-state index < -0.39 is 23.8 Å². The van der Waals surface area contributed by atoms with Crippen LogP contribution in [0, 0.1) is 0 Å². The number of nitrogens with zero attached hydrogens (tertiary/aromatic N) is 1. The van der Waals surface area contributed by atoms with Crippen molar-refractivity contribution in [2.45, 2.75) is 38.1 Å².